The van der Waals surface area contributed by atoms with E-state index >= 15 is 0 Å². The summed E-state index contributed by atoms with van der Waals surface area (Å²) in [5.41, 5.74) is 5.19. The van der Waals surface area contributed by atoms with Gasteiger partial charge in [0.1, 0.15) is 0 Å². The summed E-state index contributed by atoms with van der Waals surface area (Å²) in [4.78, 5) is 0. The molecule has 0 saturated carbocycles. The van der Waals surface area contributed by atoms with Crippen molar-refractivity contribution >= 4 is 5.69 Å². The Morgan fingerprint density at radius 1 is 1.43 bits per heavy atom. The Balaban J connectivity index is 2.24. The summed E-state index contributed by atoms with van der Waals surface area (Å²) in [5, 5.41) is 3.28. The van der Waals surface area contributed by atoms with Crippen LogP contribution in [0.15, 0.2) is 30.5 Å². The number of fused-ring (bicyclic) bond motifs is 1. The van der Waals surface area contributed by atoms with Gasteiger partial charge in [0.05, 0.1) is 0 Å². The zero-order chi connectivity index (χ0) is 10.1. The van der Waals surface area contributed by atoms with Crippen LogP contribution in [-0.4, -0.2) is 0 Å². The van der Waals surface area contributed by atoms with Crippen molar-refractivity contribution in [3.63, 3.8) is 0 Å². The number of allylic oxidation sites excluding steroid dienone is 1. The van der Waals surface area contributed by atoms with Crippen molar-refractivity contribution in [2.45, 2.75) is 26.7 Å². The predicted molar refractivity (Wildman–Crippen MR) is 61.5 cm³/mol. The van der Waals surface area contributed by atoms with Gasteiger partial charge in [0.25, 0.3) is 0 Å². The highest BCUT2D eigenvalue weighted by molar-refractivity contribution is 5.62. The number of anilines is 1. The summed E-state index contributed by atoms with van der Waals surface area (Å²) in [5.74, 6) is 0.727. The van der Waals surface area contributed by atoms with Crippen LogP contribution in [0.25, 0.3) is 0 Å². The lowest BCUT2D eigenvalue weighted by atomic mass is 10.00. The normalized spacial score (nSPS) is 14.4. The van der Waals surface area contributed by atoms with Crippen molar-refractivity contribution in [3.8, 4) is 0 Å². The molecule has 0 atom stereocenters. The van der Waals surface area contributed by atoms with Crippen LogP contribution >= 0.6 is 0 Å². The molecule has 1 aliphatic heterocycles. The maximum absolute atomic E-state index is 3.95. The summed E-state index contributed by atoms with van der Waals surface area (Å²) in [7, 11) is 0. The van der Waals surface area contributed by atoms with E-state index in [1.165, 1.54) is 23.2 Å². The van der Waals surface area contributed by atoms with Gasteiger partial charge in [-0.05, 0) is 29.5 Å². The van der Waals surface area contributed by atoms with E-state index in [4.69, 9.17) is 0 Å². The molecule has 1 aliphatic rings. The maximum Gasteiger partial charge on any atom is 0.0418 e. The second kappa shape index (κ2) is 3.49. The van der Waals surface area contributed by atoms with Gasteiger partial charge in [0.15, 0.2) is 0 Å². The molecule has 1 nitrogen and oxygen atoms in total. The second-order valence-electron chi connectivity index (χ2n) is 4.49. The van der Waals surface area contributed by atoms with E-state index in [0.29, 0.717) is 0 Å². The molecule has 1 aromatic carbocycles. The molecule has 0 fully saturated rings. The Kier molecular flexibility index (Phi) is 2.32. The van der Waals surface area contributed by atoms with Crippen LogP contribution in [0.4, 0.5) is 5.69 Å². The molecule has 0 unspecified atom stereocenters. The summed E-state index contributed by atoms with van der Waals surface area (Å²) in [6, 6.07) is 6.69. The first-order valence-electron chi connectivity index (χ1n) is 5.22. The predicted octanol–water partition coefficient (Wildman–Crippen LogP) is 3.37. The molecule has 1 aromatic rings. The first-order chi connectivity index (χ1) is 6.65. The second-order valence-corrected chi connectivity index (χ2v) is 4.49. The van der Waals surface area contributed by atoms with Gasteiger partial charge < -0.3 is 5.32 Å². The third kappa shape index (κ3) is 1.82. The van der Waals surface area contributed by atoms with Gasteiger partial charge in [-0.25, -0.2) is 0 Å². The van der Waals surface area contributed by atoms with Crippen molar-refractivity contribution in [3.05, 3.63) is 41.6 Å². The molecule has 1 N–H and O–H groups in total. The molecular weight excluding hydrogens is 170 g/mol. The van der Waals surface area contributed by atoms with E-state index in [1.807, 2.05) is 0 Å². The highest BCUT2D eigenvalue weighted by atomic mass is 14.9. The highest BCUT2D eigenvalue weighted by Crippen LogP contribution is 2.28. The minimum Gasteiger partial charge on any atom is -0.359 e. The van der Waals surface area contributed by atoms with Gasteiger partial charge in [0.2, 0.25) is 0 Å². The smallest absolute Gasteiger partial charge is 0.0418 e. The van der Waals surface area contributed by atoms with Gasteiger partial charge in [-0.15, -0.1) is 0 Å². The largest absolute Gasteiger partial charge is 0.359 e. The van der Waals surface area contributed by atoms with E-state index in [-0.39, 0.29) is 0 Å². The molecule has 0 aromatic heterocycles. The number of benzene rings is 1. The zero-order valence-electron chi connectivity index (χ0n) is 8.93. The third-order valence-corrected chi connectivity index (χ3v) is 2.53. The monoisotopic (exact) mass is 187 g/mol. The van der Waals surface area contributed by atoms with Crippen LogP contribution in [0.3, 0.4) is 0 Å². The zero-order valence-corrected chi connectivity index (χ0v) is 8.93. The minimum absolute atomic E-state index is 0.727. The standard InChI is InChI=1S/C13H17N/c1-9(2)6-11-4-5-13-12(8-11)7-10(3)14-13/h4-5,8-9,14H,3,6-7H2,1-2H3. The van der Waals surface area contributed by atoms with Crippen molar-refractivity contribution in [2.24, 2.45) is 5.92 Å². The first-order valence-corrected chi connectivity index (χ1v) is 5.22. The summed E-state index contributed by atoms with van der Waals surface area (Å²) in [6.07, 6.45) is 2.15. The molecule has 2 rings (SSSR count). The van der Waals surface area contributed by atoms with Crippen molar-refractivity contribution in [1.29, 1.82) is 0 Å². The maximum atomic E-state index is 3.95. The van der Waals surface area contributed by atoms with Gasteiger partial charge >= 0.3 is 0 Å². The molecule has 0 bridgehead atoms. The fourth-order valence-corrected chi connectivity index (χ4v) is 1.98. The van der Waals surface area contributed by atoms with Crippen LogP contribution in [-0.2, 0) is 12.8 Å². The van der Waals surface area contributed by atoms with E-state index in [2.05, 4.69) is 43.9 Å². The summed E-state index contributed by atoms with van der Waals surface area (Å²) < 4.78 is 0. The number of hydrogen-bond acceptors (Lipinski definition) is 1. The lowest BCUT2D eigenvalue weighted by Gasteiger charge is -2.06. The fourth-order valence-electron chi connectivity index (χ4n) is 1.98. The molecule has 74 valence electrons. The Labute approximate surface area is 85.8 Å². The number of rotatable bonds is 2. The van der Waals surface area contributed by atoms with Gasteiger partial charge in [0, 0.05) is 17.8 Å². The average molecular weight is 187 g/mol. The van der Waals surface area contributed by atoms with Crippen LogP contribution < -0.4 is 5.32 Å². The molecule has 0 spiro atoms. The highest BCUT2D eigenvalue weighted by Gasteiger charge is 2.13. The molecule has 0 amide bonds. The Morgan fingerprint density at radius 3 is 2.93 bits per heavy atom. The van der Waals surface area contributed by atoms with Gasteiger partial charge in [-0.1, -0.05) is 32.6 Å². The van der Waals surface area contributed by atoms with E-state index in [9.17, 15) is 0 Å². The Morgan fingerprint density at radius 2 is 2.21 bits per heavy atom. The molecule has 0 radical (unpaired) electrons. The van der Waals surface area contributed by atoms with Crippen LogP contribution in [0.1, 0.15) is 25.0 Å². The lowest BCUT2D eigenvalue weighted by Crippen LogP contribution is -1.94. The van der Waals surface area contributed by atoms with Gasteiger partial charge in [-0.2, -0.15) is 0 Å². The first kappa shape index (κ1) is 9.32. The summed E-state index contributed by atoms with van der Waals surface area (Å²) in [6.45, 7) is 8.46. The fraction of sp³-hybridized carbons (Fsp3) is 0.385. The van der Waals surface area contributed by atoms with E-state index in [1.54, 1.807) is 0 Å². The van der Waals surface area contributed by atoms with Crippen LogP contribution in [0.2, 0.25) is 0 Å². The lowest BCUT2D eigenvalue weighted by molar-refractivity contribution is 0.647. The quantitative estimate of drug-likeness (QED) is 0.748. The number of hydrogen-bond donors (Lipinski definition) is 1. The number of nitrogens with one attached hydrogen (secondary N) is 1. The molecule has 1 heteroatoms. The Bertz CT molecular complexity index is 363. The molecule has 1 heterocycles. The van der Waals surface area contributed by atoms with Crippen molar-refractivity contribution < 1.29 is 0 Å². The minimum atomic E-state index is 0.727. The Hall–Kier alpha value is -1.24. The summed E-state index contributed by atoms with van der Waals surface area (Å²) >= 11 is 0. The van der Waals surface area contributed by atoms with Crippen molar-refractivity contribution in [1.82, 2.24) is 0 Å². The van der Waals surface area contributed by atoms with Crippen LogP contribution in [0.5, 0.6) is 0 Å². The molecule has 0 aliphatic carbocycles. The third-order valence-electron chi connectivity index (χ3n) is 2.53. The SMILES string of the molecule is C=C1Cc2cc(CC(C)C)ccc2N1. The molecular formula is C13H17N. The average Bonchev–Trinajstić information content (AvgIpc) is 2.42. The van der Waals surface area contributed by atoms with E-state index < -0.39 is 0 Å². The van der Waals surface area contributed by atoms with Crippen molar-refractivity contribution in [2.75, 3.05) is 5.32 Å². The van der Waals surface area contributed by atoms with E-state index in [0.717, 1.165) is 18.0 Å². The van der Waals surface area contributed by atoms with Gasteiger partial charge in [-0.3, -0.25) is 0 Å². The topological polar surface area (TPSA) is 12.0 Å². The molecule has 0 saturated heterocycles. The molecule has 14 heavy (non-hydrogen) atoms. The van der Waals surface area contributed by atoms with Crippen LogP contribution in [0, 0.1) is 5.92 Å².